The van der Waals surface area contributed by atoms with Crippen molar-refractivity contribution in [1.29, 1.82) is 0 Å². The molecule has 1 aliphatic rings. The molecule has 8 heteroatoms. The van der Waals surface area contributed by atoms with Crippen LogP contribution in [0.15, 0.2) is 0 Å². The number of halogens is 4. The number of alkyl halides is 4. The lowest BCUT2D eigenvalue weighted by atomic mass is 9.85. The minimum atomic E-state index is -3.98. The van der Waals surface area contributed by atoms with Crippen molar-refractivity contribution in [2.45, 2.75) is 47.7 Å². The van der Waals surface area contributed by atoms with Crippen LogP contribution in [-0.4, -0.2) is 43.0 Å². The van der Waals surface area contributed by atoms with Crippen molar-refractivity contribution in [1.82, 2.24) is 0 Å². The number of rotatable bonds is 8. The van der Waals surface area contributed by atoms with Gasteiger partial charge in [-0.2, -0.15) is 17.6 Å². The molecule has 0 N–H and O–H groups in total. The third-order valence-corrected chi connectivity index (χ3v) is 10.0. The van der Waals surface area contributed by atoms with Gasteiger partial charge >= 0.3 is 11.8 Å². The molecule has 0 aromatic carbocycles. The Bertz CT molecular complexity index is 291. The van der Waals surface area contributed by atoms with Crippen molar-refractivity contribution in [2.24, 2.45) is 0 Å². The van der Waals surface area contributed by atoms with Crippen LogP contribution in [0.2, 0.25) is 0 Å². The van der Waals surface area contributed by atoms with Gasteiger partial charge in [-0.05, 0) is 23.0 Å². The first kappa shape index (κ1) is 19.2. The Hall–Kier alpha value is 1.12. The van der Waals surface area contributed by atoms with Crippen molar-refractivity contribution in [2.75, 3.05) is 23.0 Å². The standard InChI is InChI=1S/C12H20F4S4/c1-5-17-11(18-6-2)9(13,14)10(15,16)12(11,19-7-3)20-8-4/h5-8H2,1-4H3. The van der Waals surface area contributed by atoms with Crippen LogP contribution in [0.5, 0.6) is 0 Å². The van der Waals surface area contributed by atoms with Crippen molar-refractivity contribution in [3.63, 3.8) is 0 Å². The van der Waals surface area contributed by atoms with E-state index in [0.29, 0.717) is 23.0 Å². The van der Waals surface area contributed by atoms with Gasteiger partial charge in [-0.25, -0.2) is 0 Å². The normalized spacial score (nSPS) is 25.2. The lowest BCUT2D eigenvalue weighted by Crippen LogP contribution is -2.84. The van der Waals surface area contributed by atoms with Crippen LogP contribution >= 0.6 is 47.0 Å². The summed E-state index contributed by atoms with van der Waals surface area (Å²) in [5.41, 5.74) is 0. The van der Waals surface area contributed by atoms with E-state index in [-0.39, 0.29) is 0 Å². The Morgan fingerprint density at radius 2 is 0.750 bits per heavy atom. The maximum Gasteiger partial charge on any atom is 0.338 e. The molecular formula is C12H20F4S4. The molecule has 0 bridgehead atoms. The maximum absolute atomic E-state index is 14.3. The molecule has 0 nitrogen and oxygen atoms in total. The van der Waals surface area contributed by atoms with E-state index in [1.807, 2.05) is 0 Å². The van der Waals surface area contributed by atoms with Crippen molar-refractivity contribution in [3.05, 3.63) is 0 Å². The first-order chi connectivity index (χ1) is 9.24. The minimum absolute atomic E-state index is 0.398. The van der Waals surface area contributed by atoms with Crippen LogP contribution in [0.25, 0.3) is 0 Å². The zero-order chi connectivity index (χ0) is 15.7. The third-order valence-electron chi connectivity index (χ3n) is 3.04. The molecule has 0 amide bonds. The highest BCUT2D eigenvalue weighted by Crippen LogP contribution is 2.80. The molecule has 120 valence electrons. The van der Waals surface area contributed by atoms with E-state index < -0.39 is 20.0 Å². The lowest BCUT2D eigenvalue weighted by Gasteiger charge is -2.65. The first-order valence-corrected chi connectivity index (χ1v) is 10.5. The topological polar surface area (TPSA) is 0 Å². The Morgan fingerprint density at radius 3 is 0.900 bits per heavy atom. The molecule has 0 unspecified atom stereocenters. The zero-order valence-electron chi connectivity index (χ0n) is 12.0. The predicted molar refractivity (Wildman–Crippen MR) is 87.9 cm³/mol. The van der Waals surface area contributed by atoms with Gasteiger partial charge in [0, 0.05) is 0 Å². The minimum Gasteiger partial charge on any atom is -0.197 e. The Morgan fingerprint density at radius 1 is 0.550 bits per heavy atom. The van der Waals surface area contributed by atoms with E-state index in [2.05, 4.69) is 0 Å². The number of hydrogen-bond acceptors (Lipinski definition) is 4. The fraction of sp³-hybridized carbons (Fsp3) is 1.00. The van der Waals surface area contributed by atoms with Gasteiger partial charge in [-0.3, -0.25) is 0 Å². The molecule has 1 rings (SSSR count). The monoisotopic (exact) mass is 368 g/mol. The third kappa shape index (κ3) is 2.22. The summed E-state index contributed by atoms with van der Waals surface area (Å²) in [5, 5.41) is 0. The van der Waals surface area contributed by atoms with Gasteiger partial charge < -0.3 is 0 Å². The Labute approximate surface area is 135 Å². The van der Waals surface area contributed by atoms with Crippen LogP contribution in [0, 0.1) is 0 Å². The zero-order valence-corrected chi connectivity index (χ0v) is 15.2. The molecule has 20 heavy (non-hydrogen) atoms. The maximum atomic E-state index is 14.3. The second kappa shape index (κ2) is 6.71. The number of thioether (sulfide) groups is 4. The highest BCUT2D eigenvalue weighted by atomic mass is 32.2. The van der Waals surface area contributed by atoms with Crippen LogP contribution < -0.4 is 0 Å². The summed E-state index contributed by atoms with van der Waals surface area (Å²) in [4.78, 5) is 0. The average molecular weight is 369 g/mol. The molecule has 0 aliphatic heterocycles. The van der Waals surface area contributed by atoms with Crippen molar-refractivity contribution in [3.8, 4) is 0 Å². The molecule has 1 saturated carbocycles. The summed E-state index contributed by atoms with van der Waals surface area (Å²) in [6.45, 7) is 6.97. The summed E-state index contributed by atoms with van der Waals surface area (Å²) < 4.78 is 53.8. The molecule has 0 radical (unpaired) electrons. The Balaban J connectivity index is 3.39. The molecule has 1 aliphatic carbocycles. The van der Waals surface area contributed by atoms with E-state index in [0.717, 1.165) is 47.0 Å². The van der Waals surface area contributed by atoms with Crippen LogP contribution in [-0.2, 0) is 0 Å². The SMILES string of the molecule is CCSC1(SCC)C(F)(F)C(F)(F)C1(SCC)SCC. The average Bonchev–Trinajstić information content (AvgIpc) is 2.37. The highest BCUT2D eigenvalue weighted by molar-refractivity contribution is 8.25. The lowest BCUT2D eigenvalue weighted by molar-refractivity contribution is -0.280. The van der Waals surface area contributed by atoms with E-state index in [1.165, 1.54) is 0 Å². The summed E-state index contributed by atoms with van der Waals surface area (Å²) in [7, 11) is 0. The van der Waals surface area contributed by atoms with Gasteiger partial charge in [0.25, 0.3) is 0 Å². The van der Waals surface area contributed by atoms with Gasteiger partial charge in [0.15, 0.2) is 8.16 Å². The van der Waals surface area contributed by atoms with Gasteiger partial charge in [0.05, 0.1) is 0 Å². The van der Waals surface area contributed by atoms with Crippen LogP contribution in [0.4, 0.5) is 17.6 Å². The second-order valence-corrected chi connectivity index (χ2v) is 10.5. The fourth-order valence-electron chi connectivity index (χ4n) is 2.40. The Kier molecular flexibility index (Phi) is 6.43. The molecule has 0 saturated heterocycles. The second-order valence-electron chi connectivity index (χ2n) is 4.11. The van der Waals surface area contributed by atoms with Gasteiger partial charge in [-0.1, -0.05) is 27.7 Å². The number of hydrogen-bond donors (Lipinski definition) is 0. The molecule has 0 spiro atoms. The van der Waals surface area contributed by atoms with E-state index >= 15 is 0 Å². The quantitative estimate of drug-likeness (QED) is 0.399. The molecule has 0 aromatic heterocycles. The largest absolute Gasteiger partial charge is 0.338 e. The summed E-state index contributed by atoms with van der Waals surface area (Å²) in [6.07, 6.45) is 0. The molecule has 0 heterocycles. The van der Waals surface area contributed by atoms with Crippen molar-refractivity contribution >= 4 is 47.0 Å². The van der Waals surface area contributed by atoms with E-state index in [4.69, 9.17) is 0 Å². The molecule has 1 fully saturated rings. The van der Waals surface area contributed by atoms with Gasteiger partial charge in [0.1, 0.15) is 0 Å². The highest BCUT2D eigenvalue weighted by Gasteiger charge is 2.95. The van der Waals surface area contributed by atoms with Crippen LogP contribution in [0.3, 0.4) is 0 Å². The fourth-order valence-corrected chi connectivity index (χ4v) is 10.0. The van der Waals surface area contributed by atoms with E-state index in [1.54, 1.807) is 27.7 Å². The van der Waals surface area contributed by atoms with Crippen LogP contribution in [0.1, 0.15) is 27.7 Å². The summed E-state index contributed by atoms with van der Waals surface area (Å²) in [5.74, 6) is -6.37. The molecule has 0 aromatic rings. The molecule has 0 atom stereocenters. The van der Waals surface area contributed by atoms with Crippen molar-refractivity contribution < 1.29 is 17.6 Å². The first-order valence-electron chi connectivity index (χ1n) is 6.56. The van der Waals surface area contributed by atoms with E-state index in [9.17, 15) is 17.6 Å². The summed E-state index contributed by atoms with van der Waals surface area (Å²) in [6, 6.07) is 0. The summed E-state index contributed by atoms with van der Waals surface area (Å²) >= 11 is 3.91. The smallest absolute Gasteiger partial charge is 0.197 e. The van der Waals surface area contributed by atoms with Gasteiger partial charge in [-0.15, -0.1) is 47.0 Å². The predicted octanol–water partition coefficient (Wildman–Crippen LogP) is 5.68. The van der Waals surface area contributed by atoms with Gasteiger partial charge in [0.2, 0.25) is 0 Å². The molecular weight excluding hydrogens is 348 g/mol.